The van der Waals surface area contributed by atoms with Crippen LogP contribution in [0, 0.1) is 0 Å². The van der Waals surface area contributed by atoms with E-state index >= 15 is 0 Å². The van der Waals surface area contributed by atoms with E-state index in [2.05, 4.69) is 9.68 Å². The molecule has 0 unspecified atom stereocenters. The third-order valence-corrected chi connectivity index (χ3v) is 1.86. The minimum Gasteiger partial charge on any atom is -0.339 e. The normalized spacial score (nSPS) is 10.5. The largest absolute Gasteiger partial charge is 0.360 e. The second-order valence-corrected chi connectivity index (χ2v) is 2.69. The first-order chi connectivity index (χ1) is 5.79. The van der Waals surface area contributed by atoms with Gasteiger partial charge in [0.15, 0.2) is 0 Å². The van der Waals surface area contributed by atoms with Crippen LogP contribution in [0.25, 0.3) is 0 Å². The molecule has 1 rings (SSSR count). The van der Waals surface area contributed by atoms with Gasteiger partial charge in [0.2, 0.25) is 0 Å². The Balaban J connectivity index is 2.79. The topological polar surface area (TPSA) is 72.0 Å². The predicted molar refractivity (Wildman–Crippen MR) is 46.1 cm³/mol. The van der Waals surface area contributed by atoms with Gasteiger partial charge in [0, 0.05) is 0 Å². The van der Waals surface area contributed by atoms with Gasteiger partial charge in [0.25, 0.3) is 0 Å². The zero-order chi connectivity index (χ0) is 8.97. The second kappa shape index (κ2) is 4.11. The Bertz CT molecular complexity index is 287. The van der Waals surface area contributed by atoms with Crippen molar-refractivity contribution < 1.29 is 4.52 Å². The van der Waals surface area contributed by atoms with E-state index in [0.29, 0.717) is 13.0 Å². The van der Waals surface area contributed by atoms with Gasteiger partial charge in [0.05, 0.1) is 11.3 Å². The average molecular weight is 170 g/mol. The Labute approximate surface area is 70.7 Å². The average Bonchev–Trinajstić information content (AvgIpc) is 2.43. The molecule has 0 spiro atoms. The van der Waals surface area contributed by atoms with E-state index < -0.39 is 0 Å². The minimum atomic E-state index is -0.250. The molecular weight excluding hydrogens is 156 g/mol. The van der Waals surface area contributed by atoms with E-state index in [1.165, 1.54) is 0 Å². The van der Waals surface area contributed by atoms with Crippen molar-refractivity contribution in [3.8, 4) is 0 Å². The molecule has 1 heterocycles. The molecule has 0 amide bonds. The highest BCUT2D eigenvalue weighted by molar-refractivity contribution is 5.14. The zero-order valence-electron chi connectivity index (χ0n) is 7.22. The van der Waals surface area contributed by atoms with Crippen LogP contribution in [0.15, 0.2) is 9.32 Å². The van der Waals surface area contributed by atoms with Gasteiger partial charge < -0.3 is 10.3 Å². The van der Waals surface area contributed by atoms with Crippen LogP contribution >= 0.6 is 0 Å². The third-order valence-electron chi connectivity index (χ3n) is 1.86. The van der Waals surface area contributed by atoms with Crippen LogP contribution in [-0.4, -0.2) is 11.7 Å². The molecule has 0 bridgehead atoms. The number of rotatable bonds is 4. The SMILES string of the molecule is CCc1[nH]oc(=O)c1CCCN. The molecule has 68 valence electrons. The van der Waals surface area contributed by atoms with E-state index in [0.717, 1.165) is 24.1 Å². The lowest BCUT2D eigenvalue weighted by Gasteiger charge is -1.95. The van der Waals surface area contributed by atoms with Crippen LogP contribution in [-0.2, 0) is 12.8 Å². The summed E-state index contributed by atoms with van der Waals surface area (Å²) in [5.41, 5.74) is 6.74. The molecule has 0 saturated carbocycles. The summed E-state index contributed by atoms with van der Waals surface area (Å²) in [7, 11) is 0. The van der Waals surface area contributed by atoms with E-state index in [4.69, 9.17) is 5.73 Å². The highest BCUT2D eigenvalue weighted by atomic mass is 16.5. The molecular formula is C8H14N2O2. The van der Waals surface area contributed by atoms with Crippen molar-refractivity contribution in [1.29, 1.82) is 0 Å². The Morgan fingerprint density at radius 2 is 2.33 bits per heavy atom. The minimum absolute atomic E-state index is 0.250. The van der Waals surface area contributed by atoms with Gasteiger partial charge in [-0.15, -0.1) is 0 Å². The van der Waals surface area contributed by atoms with E-state index in [1.807, 2.05) is 6.92 Å². The molecule has 1 aromatic heterocycles. The quantitative estimate of drug-likeness (QED) is 0.688. The molecule has 4 nitrogen and oxygen atoms in total. The first-order valence-electron chi connectivity index (χ1n) is 4.18. The second-order valence-electron chi connectivity index (χ2n) is 2.69. The van der Waals surface area contributed by atoms with Crippen LogP contribution in [0.2, 0.25) is 0 Å². The lowest BCUT2D eigenvalue weighted by atomic mass is 10.1. The summed E-state index contributed by atoms with van der Waals surface area (Å²) in [5, 5.41) is 2.60. The number of hydrogen-bond donors (Lipinski definition) is 2. The maximum atomic E-state index is 11.1. The zero-order valence-corrected chi connectivity index (χ0v) is 7.22. The highest BCUT2D eigenvalue weighted by Crippen LogP contribution is 2.03. The number of nitrogens with two attached hydrogens (primary N) is 1. The van der Waals surface area contributed by atoms with Crippen LogP contribution in [0.4, 0.5) is 0 Å². The number of H-pyrrole nitrogens is 1. The van der Waals surface area contributed by atoms with Gasteiger partial charge >= 0.3 is 5.63 Å². The molecule has 0 saturated heterocycles. The van der Waals surface area contributed by atoms with Gasteiger partial charge in [-0.25, -0.2) is 9.95 Å². The van der Waals surface area contributed by atoms with Crippen molar-refractivity contribution >= 4 is 0 Å². The summed E-state index contributed by atoms with van der Waals surface area (Å²) in [5.74, 6) is 0. The van der Waals surface area contributed by atoms with Crippen LogP contribution in [0.5, 0.6) is 0 Å². The summed E-state index contributed by atoms with van der Waals surface area (Å²) < 4.78 is 4.66. The number of nitrogens with one attached hydrogen (secondary N) is 1. The lowest BCUT2D eigenvalue weighted by molar-refractivity contribution is 0.384. The molecule has 1 aromatic rings. The molecule has 3 N–H and O–H groups in total. The number of hydrogen-bond acceptors (Lipinski definition) is 3. The Hall–Kier alpha value is -1.03. The summed E-state index contributed by atoms with van der Waals surface area (Å²) in [6, 6.07) is 0. The van der Waals surface area contributed by atoms with Crippen molar-refractivity contribution in [2.75, 3.05) is 6.54 Å². The predicted octanol–water partition coefficient (Wildman–Crippen LogP) is 0.422. The molecule has 0 atom stereocenters. The molecule has 0 aromatic carbocycles. The first kappa shape index (κ1) is 9.06. The van der Waals surface area contributed by atoms with Crippen molar-refractivity contribution in [1.82, 2.24) is 5.16 Å². The van der Waals surface area contributed by atoms with E-state index in [9.17, 15) is 4.79 Å². The number of aryl methyl sites for hydroxylation is 1. The van der Waals surface area contributed by atoms with Gasteiger partial charge in [0.1, 0.15) is 0 Å². The fourth-order valence-electron chi connectivity index (χ4n) is 1.17. The monoisotopic (exact) mass is 170 g/mol. The summed E-state index contributed by atoms with van der Waals surface area (Å²) >= 11 is 0. The van der Waals surface area contributed by atoms with Crippen LogP contribution < -0.4 is 11.4 Å². The number of aromatic amines is 1. The maximum Gasteiger partial charge on any atom is 0.360 e. The Kier molecular flexibility index (Phi) is 3.10. The molecule has 0 fully saturated rings. The summed E-state index contributed by atoms with van der Waals surface area (Å²) in [6.07, 6.45) is 2.34. The highest BCUT2D eigenvalue weighted by Gasteiger charge is 2.08. The smallest absolute Gasteiger partial charge is 0.339 e. The summed E-state index contributed by atoms with van der Waals surface area (Å²) in [6.45, 7) is 2.58. The van der Waals surface area contributed by atoms with Crippen molar-refractivity contribution in [3.05, 3.63) is 21.7 Å². The molecule has 0 radical (unpaired) electrons. The third kappa shape index (κ3) is 1.76. The van der Waals surface area contributed by atoms with Crippen molar-refractivity contribution in [3.63, 3.8) is 0 Å². The van der Waals surface area contributed by atoms with Crippen LogP contribution in [0.1, 0.15) is 24.6 Å². The van der Waals surface area contributed by atoms with Gasteiger partial charge in [-0.05, 0) is 25.8 Å². The molecule has 4 heteroatoms. The van der Waals surface area contributed by atoms with Crippen molar-refractivity contribution in [2.24, 2.45) is 5.73 Å². The maximum absolute atomic E-state index is 11.1. The van der Waals surface area contributed by atoms with Crippen molar-refractivity contribution in [2.45, 2.75) is 26.2 Å². The van der Waals surface area contributed by atoms with Crippen LogP contribution in [0.3, 0.4) is 0 Å². The van der Waals surface area contributed by atoms with Gasteiger partial charge in [-0.2, -0.15) is 0 Å². The van der Waals surface area contributed by atoms with E-state index in [-0.39, 0.29) is 5.63 Å². The molecule has 0 aliphatic carbocycles. The van der Waals surface area contributed by atoms with Gasteiger partial charge in [-0.1, -0.05) is 6.92 Å². The summed E-state index contributed by atoms with van der Waals surface area (Å²) in [4.78, 5) is 11.1. The standard InChI is InChI=1S/C8H14N2O2/c1-2-7-6(4-3-5-9)8(11)12-10-7/h10H,2-5,9H2,1H3. The number of aromatic nitrogens is 1. The molecule has 0 aliphatic rings. The molecule has 0 aliphatic heterocycles. The lowest BCUT2D eigenvalue weighted by Crippen LogP contribution is -2.07. The Morgan fingerprint density at radius 1 is 1.58 bits per heavy atom. The fourth-order valence-corrected chi connectivity index (χ4v) is 1.17. The molecule has 12 heavy (non-hydrogen) atoms. The fraction of sp³-hybridized carbons (Fsp3) is 0.625. The Morgan fingerprint density at radius 3 is 2.92 bits per heavy atom. The first-order valence-corrected chi connectivity index (χ1v) is 4.18. The van der Waals surface area contributed by atoms with Gasteiger partial charge in [-0.3, -0.25) is 0 Å². The van der Waals surface area contributed by atoms with E-state index in [1.54, 1.807) is 0 Å².